The summed E-state index contributed by atoms with van der Waals surface area (Å²) in [7, 11) is 0. The van der Waals surface area contributed by atoms with Crippen LogP contribution in [0.4, 0.5) is 10.5 Å². The number of halogens is 1. The summed E-state index contributed by atoms with van der Waals surface area (Å²) in [6, 6.07) is 7.00. The maximum Gasteiger partial charge on any atom is 0.410 e. The number of quaternary nitrogens is 1. The number of anilines is 1. The van der Waals surface area contributed by atoms with Gasteiger partial charge in [0, 0.05) is 3.57 Å². The SMILES string of the molecule is CCOC(=O)N1CC[NH+]([C@@H]2CC(=O)N(c3ccc(I)cc3)C2=O)CC1. The first-order valence-electron chi connectivity index (χ1n) is 8.40. The van der Waals surface area contributed by atoms with Crippen LogP contribution < -0.4 is 9.80 Å². The summed E-state index contributed by atoms with van der Waals surface area (Å²) in [5.74, 6) is -0.303. The fourth-order valence-corrected chi connectivity index (χ4v) is 3.71. The second kappa shape index (κ2) is 7.69. The zero-order chi connectivity index (χ0) is 18.0. The normalized spacial score (nSPS) is 21.8. The molecule has 25 heavy (non-hydrogen) atoms. The van der Waals surface area contributed by atoms with Gasteiger partial charge in [-0.2, -0.15) is 0 Å². The standard InChI is InChI=1S/C17H20IN3O4/c1-2-25-17(24)20-9-7-19(8-10-20)14-11-15(22)21(16(14)23)13-5-3-12(18)4-6-13/h3-6,14H,2,7-11H2,1H3/p+1/t14-/m1/s1. The van der Waals surface area contributed by atoms with Crippen LogP contribution in [-0.2, 0) is 14.3 Å². The lowest BCUT2D eigenvalue weighted by Crippen LogP contribution is -3.19. The lowest BCUT2D eigenvalue weighted by atomic mass is 10.2. The van der Waals surface area contributed by atoms with Gasteiger partial charge in [0.2, 0.25) is 5.91 Å². The number of amides is 3. The topological polar surface area (TPSA) is 71.4 Å². The van der Waals surface area contributed by atoms with Gasteiger partial charge in [0.05, 0.1) is 44.9 Å². The van der Waals surface area contributed by atoms with Gasteiger partial charge in [-0.05, 0) is 53.8 Å². The molecule has 7 nitrogen and oxygen atoms in total. The molecule has 0 radical (unpaired) electrons. The Hall–Kier alpha value is -1.68. The zero-order valence-electron chi connectivity index (χ0n) is 14.0. The van der Waals surface area contributed by atoms with E-state index in [2.05, 4.69) is 22.6 Å². The highest BCUT2D eigenvalue weighted by Crippen LogP contribution is 2.23. The molecule has 0 saturated carbocycles. The second-order valence-electron chi connectivity index (χ2n) is 6.14. The molecule has 1 aromatic carbocycles. The fraction of sp³-hybridized carbons (Fsp3) is 0.471. The van der Waals surface area contributed by atoms with Gasteiger partial charge < -0.3 is 9.64 Å². The molecular formula is C17H21IN3O4+. The van der Waals surface area contributed by atoms with Gasteiger partial charge in [-0.1, -0.05) is 0 Å². The third-order valence-corrected chi connectivity index (χ3v) is 5.38. The van der Waals surface area contributed by atoms with Crippen LogP contribution in [0.3, 0.4) is 0 Å². The number of imide groups is 1. The quantitative estimate of drug-likeness (QED) is 0.522. The Balaban J connectivity index is 1.65. The van der Waals surface area contributed by atoms with Crippen molar-refractivity contribution in [2.75, 3.05) is 37.7 Å². The van der Waals surface area contributed by atoms with E-state index in [-0.39, 0.29) is 30.4 Å². The van der Waals surface area contributed by atoms with Crippen molar-refractivity contribution >= 4 is 46.2 Å². The highest BCUT2D eigenvalue weighted by atomic mass is 127. The smallest absolute Gasteiger partial charge is 0.410 e. The number of carbonyl (C=O) groups excluding carboxylic acids is 3. The summed E-state index contributed by atoms with van der Waals surface area (Å²) < 4.78 is 6.07. The molecule has 3 rings (SSSR count). The first kappa shape index (κ1) is 18.1. The van der Waals surface area contributed by atoms with Gasteiger partial charge in [-0.3, -0.25) is 14.5 Å². The Morgan fingerprint density at radius 1 is 1.24 bits per heavy atom. The van der Waals surface area contributed by atoms with Crippen LogP contribution in [0.1, 0.15) is 13.3 Å². The molecule has 134 valence electrons. The number of hydrogen-bond donors (Lipinski definition) is 1. The van der Waals surface area contributed by atoms with E-state index in [1.807, 2.05) is 12.1 Å². The average molecular weight is 458 g/mol. The predicted octanol–water partition coefficient (Wildman–Crippen LogP) is 0.280. The highest BCUT2D eigenvalue weighted by Gasteiger charge is 2.46. The lowest BCUT2D eigenvalue weighted by Gasteiger charge is -2.33. The number of ether oxygens (including phenoxy) is 1. The molecule has 8 heteroatoms. The summed E-state index contributed by atoms with van der Waals surface area (Å²) in [5.41, 5.74) is 0.627. The maximum absolute atomic E-state index is 12.8. The molecule has 0 bridgehead atoms. The van der Waals surface area contributed by atoms with Crippen molar-refractivity contribution in [2.45, 2.75) is 19.4 Å². The van der Waals surface area contributed by atoms with Gasteiger partial charge in [-0.15, -0.1) is 0 Å². The number of nitrogens with zero attached hydrogens (tertiary/aromatic N) is 2. The number of hydrogen-bond acceptors (Lipinski definition) is 4. The van der Waals surface area contributed by atoms with E-state index >= 15 is 0 Å². The molecule has 1 aromatic rings. The summed E-state index contributed by atoms with van der Waals surface area (Å²) in [4.78, 5) is 41.0. The minimum atomic E-state index is -0.365. The molecular weight excluding hydrogens is 437 g/mol. The number of benzene rings is 1. The Morgan fingerprint density at radius 3 is 2.48 bits per heavy atom. The molecule has 0 aromatic heterocycles. The fourth-order valence-electron chi connectivity index (χ4n) is 3.35. The van der Waals surface area contributed by atoms with E-state index in [0.29, 0.717) is 38.5 Å². The van der Waals surface area contributed by atoms with E-state index in [0.717, 1.165) is 8.47 Å². The van der Waals surface area contributed by atoms with Crippen molar-refractivity contribution in [2.24, 2.45) is 0 Å². The third-order valence-electron chi connectivity index (χ3n) is 4.66. The minimum absolute atomic E-state index is 0.147. The Bertz CT molecular complexity index is 671. The van der Waals surface area contributed by atoms with E-state index in [1.165, 1.54) is 4.90 Å². The molecule has 0 unspecified atom stereocenters. The van der Waals surface area contributed by atoms with Gasteiger partial charge in [-0.25, -0.2) is 9.69 Å². The molecule has 2 saturated heterocycles. The highest BCUT2D eigenvalue weighted by molar-refractivity contribution is 14.1. The van der Waals surface area contributed by atoms with Crippen LogP contribution >= 0.6 is 22.6 Å². The number of piperazine rings is 1. The van der Waals surface area contributed by atoms with Crippen LogP contribution in [-0.4, -0.2) is 61.6 Å². The number of carbonyl (C=O) groups is 3. The Kier molecular flexibility index (Phi) is 5.57. The van der Waals surface area contributed by atoms with E-state index < -0.39 is 0 Å². The minimum Gasteiger partial charge on any atom is -0.450 e. The lowest BCUT2D eigenvalue weighted by molar-refractivity contribution is -0.918. The van der Waals surface area contributed by atoms with E-state index in [4.69, 9.17) is 4.74 Å². The van der Waals surface area contributed by atoms with E-state index in [1.54, 1.807) is 24.0 Å². The van der Waals surface area contributed by atoms with Gasteiger partial charge in [0.25, 0.3) is 5.91 Å². The molecule has 2 heterocycles. The van der Waals surface area contributed by atoms with Gasteiger partial charge >= 0.3 is 6.09 Å². The molecule has 0 spiro atoms. The molecule has 2 fully saturated rings. The summed E-state index contributed by atoms with van der Waals surface area (Å²) in [6.45, 7) is 4.49. The predicted molar refractivity (Wildman–Crippen MR) is 99.3 cm³/mol. The molecule has 2 aliphatic heterocycles. The summed E-state index contributed by atoms with van der Waals surface area (Å²) in [5, 5.41) is 0. The van der Waals surface area contributed by atoms with Gasteiger partial charge in [0.15, 0.2) is 6.04 Å². The Labute approximate surface area is 160 Å². The average Bonchev–Trinajstić information content (AvgIpc) is 2.91. The Morgan fingerprint density at radius 2 is 1.88 bits per heavy atom. The molecule has 1 N–H and O–H groups in total. The maximum atomic E-state index is 12.8. The molecule has 0 aliphatic carbocycles. The van der Waals surface area contributed by atoms with E-state index in [9.17, 15) is 14.4 Å². The first-order valence-corrected chi connectivity index (χ1v) is 9.47. The summed E-state index contributed by atoms with van der Waals surface area (Å²) >= 11 is 2.19. The van der Waals surface area contributed by atoms with Crippen LogP contribution in [0.15, 0.2) is 24.3 Å². The zero-order valence-corrected chi connectivity index (χ0v) is 16.2. The number of nitrogens with one attached hydrogen (secondary N) is 1. The monoisotopic (exact) mass is 458 g/mol. The third kappa shape index (κ3) is 3.79. The van der Waals surface area contributed by atoms with Crippen LogP contribution in [0, 0.1) is 3.57 Å². The molecule has 2 aliphatic rings. The molecule has 1 atom stereocenters. The largest absolute Gasteiger partial charge is 0.450 e. The van der Waals surface area contributed by atoms with Crippen LogP contribution in [0.5, 0.6) is 0 Å². The number of rotatable bonds is 3. The van der Waals surface area contributed by atoms with Crippen molar-refractivity contribution in [1.82, 2.24) is 4.90 Å². The van der Waals surface area contributed by atoms with Crippen LogP contribution in [0.2, 0.25) is 0 Å². The van der Waals surface area contributed by atoms with Crippen LogP contribution in [0.25, 0.3) is 0 Å². The van der Waals surface area contributed by atoms with Crippen molar-refractivity contribution < 1.29 is 24.0 Å². The van der Waals surface area contributed by atoms with Crippen molar-refractivity contribution in [1.29, 1.82) is 0 Å². The van der Waals surface area contributed by atoms with Gasteiger partial charge in [0.1, 0.15) is 0 Å². The van der Waals surface area contributed by atoms with Crippen molar-refractivity contribution in [3.05, 3.63) is 27.8 Å². The van der Waals surface area contributed by atoms with Crippen molar-refractivity contribution in [3.8, 4) is 0 Å². The first-order chi connectivity index (χ1) is 12.0. The molecule has 3 amide bonds. The van der Waals surface area contributed by atoms with Crippen molar-refractivity contribution in [3.63, 3.8) is 0 Å². The second-order valence-corrected chi connectivity index (χ2v) is 7.39. The summed E-state index contributed by atoms with van der Waals surface area (Å²) in [6.07, 6.45) is -0.0876.